The summed E-state index contributed by atoms with van der Waals surface area (Å²) in [5.41, 5.74) is 0. The van der Waals surface area contributed by atoms with Gasteiger partial charge in [0.25, 0.3) is 0 Å². The quantitative estimate of drug-likeness (QED) is 0.781. The van der Waals surface area contributed by atoms with Crippen molar-refractivity contribution in [3.8, 4) is 0 Å². The molecule has 1 unspecified atom stereocenters. The molecule has 1 fully saturated rings. The molecule has 92 valence electrons. The number of amides is 1. The summed E-state index contributed by atoms with van der Waals surface area (Å²) in [6.07, 6.45) is 1.17. The van der Waals surface area contributed by atoms with Gasteiger partial charge in [0.2, 0.25) is 5.91 Å². The Morgan fingerprint density at radius 3 is 3.06 bits per heavy atom. The number of amidine groups is 1. The average molecular weight is 243 g/mol. The number of hydrogen-bond acceptors (Lipinski definition) is 3. The van der Waals surface area contributed by atoms with Crippen molar-refractivity contribution < 1.29 is 4.79 Å². The van der Waals surface area contributed by atoms with Gasteiger partial charge in [0, 0.05) is 18.3 Å². The van der Waals surface area contributed by atoms with Crippen molar-refractivity contribution in [3.05, 3.63) is 0 Å². The molecular weight excluding hydrogens is 222 g/mol. The minimum absolute atomic E-state index is 0.0101. The Balaban J connectivity index is 2.41. The highest BCUT2D eigenvalue weighted by Gasteiger charge is 2.20. The predicted octanol–water partition coefficient (Wildman–Crippen LogP) is 1.23. The number of carbonyl (C=O) groups excluding carboxylic acids is 1. The van der Waals surface area contributed by atoms with Crippen molar-refractivity contribution in [2.75, 3.05) is 18.8 Å². The smallest absolute Gasteiger partial charge is 0.241 e. The summed E-state index contributed by atoms with van der Waals surface area (Å²) in [5, 5.41) is 7.03. The molecule has 1 rings (SSSR count). The van der Waals surface area contributed by atoms with E-state index in [0.29, 0.717) is 18.5 Å². The number of aliphatic imine (C=N–C) groups is 1. The van der Waals surface area contributed by atoms with E-state index in [1.165, 1.54) is 6.42 Å². The molecule has 0 saturated carbocycles. The van der Waals surface area contributed by atoms with Crippen LogP contribution >= 0.6 is 11.8 Å². The topological polar surface area (TPSA) is 53.5 Å². The number of nitrogens with zero attached hydrogens (tertiary/aromatic N) is 1. The van der Waals surface area contributed by atoms with Gasteiger partial charge in [-0.25, -0.2) is 0 Å². The summed E-state index contributed by atoms with van der Waals surface area (Å²) in [6, 6.07) is 0.495. The summed E-state index contributed by atoms with van der Waals surface area (Å²) >= 11 is 1.70. The van der Waals surface area contributed by atoms with Gasteiger partial charge in [-0.3, -0.25) is 9.79 Å². The Bertz CT molecular complexity index is 266. The van der Waals surface area contributed by atoms with Crippen LogP contribution in [-0.4, -0.2) is 36.0 Å². The van der Waals surface area contributed by atoms with Crippen LogP contribution in [0.2, 0.25) is 0 Å². The van der Waals surface area contributed by atoms with Gasteiger partial charge in [0.15, 0.2) is 5.17 Å². The van der Waals surface area contributed by atoms with Crippen LogP contribution in [0.1, 0.15) is 27.2 Å². The Hall–Kier alpha value is -0.710. The molecular formula is C11H21N3OS. The number of thioether (sulfide) groups is 1. The summed E-state index contributed by atoms with van der Waals surface area (Å²) < 4.78 is 0. The molecule has 0 bridgehead atoms. The first kappa shape index (κ1) is 13.4. The first-order chi connectivity index (χ1) is 7.63. The highest BCUT2D eigenvalue weighted by Crippen LogP contribution is 2.18. The lowest BCUT2D eigenvalue weighted by atomic mass is 10.0. The van der Waals surface area contributed by atoms with E-state index in [4.69, 9.17) is 0 Å². The number of hydrogen-bond donors (Lipinski definition) is 2. The summed E-state index contributed by atoms with van der Waals surface area (Å²) in [4.78, 5) is 15.5. The fourth-order valence-electron chi connectivity index (χ4n) is 1.54. The van der Waals surface area contributed by atoms with Crippen LogP contribution in [0.3, 0.4) is 0 Å². The first-order valence-corrected chi connectivity index (χ1v) is 6.82. The van der Waals surface area contributed by atoms with Gasteiger partial charge in [0.05, 0.1) is 0 Å². The van der Waals surface area contributed by atoms with Crippen molar-refractivity contribution in [1.29, 1.82) is 0 Å². The lowest BCUT2D eigenvalue weighted by molar-refractivity contribution is -0.119. The number of rotatable bonds is 4. The average Bonchev–Trinajstić information content (AvgIpc) is 2.27. The maximum atomic E-state index is 11.2. The van der Waals surface area contributed by atoms with Gasteiger partial charge < -0.3 is 10.6 Å². The van der Waals surface area contributed by atoms with Crippen LogP contribution in [-0.2, 0) is 4.79 Å². The van der Waals surface area contributed by atoms with E-state index in [1.54, 1.807) is 11.8 Å². The van der Waals surface area contributed by atoms with Crippen LogP contribution < -0.4 is 10.6 Å². The standard InChI is InChI=1S/C11H21N3OS/c1-4-12-10(15)7-13-11-14-9(8(2)3)5-6-16-11/h8-9H,4-7H2,1-3H3,(H,12,15)(H,13,14). The lowest BCUT2D eigenvalue weighted by Crippen LogP contribution is -2.41. The van der Waals surface area contributed by atoms with Gasteiger partial charge in [-0.15, -0.1) is 0 Å². The molecule has 0 aliphatic carbocycles. The number of likely N-dealkylation sites (N-methyl/N-ethyl adjacent to an activating group) is 1. The molecule has 4 nitrogen and oxygen atoms in total. The monoisotopic (exact) mass is 243 g/mol. The molecule has 1 heterocycles. The highest BCUT2D eigenvalue weighted by molar-refractivity contribution is 8.13. The zero-order valence-electron chi connectivity index (χ0n) is 10.2. The SMILES string of the molecule is CCNC(=O)CN=C1NC(C(C)C)CCS1. The minimum atomic E-state index is -0.0101. The number of nitrogens with one attached hydrogen (secondary N) is 2. The predicted molar refractivity (Wildman–Crippen MR) is 69.8 cm³/mol. The fraction of sp³-hybridized carbons (Fsp3) is 0.818. The second-order valence-electron chi connectivity index (χ2n) is 4.21. The van der Waals surface area contributed by atoms with E-state index in [1.807, 2.05) is 6.92 Å². The Morgan fingerprint density at radius 1 is 1.69 bits per heavy atom. The molecule has 1 atom stereocenters. The van der Waals surface area contributed by atoms with Crippen molar-refractivity contribution in [1.82, 2.24) is 10.6 Å². The Labute approximate surface area is 102 Å². The van der Waals surface area contributed by atoms with Crippen LogP contribution in [0.15, 0.2) is 4.99 Å². The number of carbonyl (C=O) groups is 1. The van der Waals surface area contributed by atoms with E-state index in [9.17, 15) is 4.79 Å². The largest absolute Gasteiger partial charge is 0.362 e. The third kappa shape index (κ3) is 4.43. The van der Waals surface area contributed by atoms with E-state index in [0.717, 1.165) is 10.9 Å². The molecule has 5 heteroatoms. The minimum Gasteiger partial charge on any atom is -0.362 e. The molecule has 0 aromatic heterocycles. The second-order valence-corrected chi connectivity index (χ2v) is 5.29. The summed E-state index contributed by atoms with van der Waals surface area (Å²) in [7, 11) is 0. The third-order valence-corrected chi connectivity index (χ3v) is 3.48. The van der Waals surface area contributed by atoms with Crippen molar-refractivity contribution >= 4 is 22.8 Å². The molecule has 1 aliphatic heterocycles. The van der Waals surface area contributed by atoms with Crippen molar-refractivity contribution in [3.63, 3.8) is 0 Å². The van der Waals surface area contributed by atoms with E-state index >= 15 is 0 Å². The van der Waals surface area contributed by atoms with Crippen molar-refractivity contribution in [2.45, 2.75) is 33.2 Å². The van der Waals surface area contributed by atoms with Gasteiger partial charge in [-0.2, -0.15) is 0 Å². The summed E-state index contributed by atoms with van der Waals surface area (Å²) in [5.74, 6) is 1.68. The van der Waals surface area contributed by atoms with Crippen molar-refractivity contribution in [2.24, 2.45) is 10.9 Å². The van der Waals surface area contributed by atoms with Gasteiger partial charge in [0.1, 0.15) is 6.54 Å². The normalized spacial score (nSPS) is 23.2. The molecule has 0 aromatic rings. The van der Waals surface area contributed by atoms with Gasteiger partial charge in [-0.05, 0) is 19.3 Å². The molecule has 1 aliphatic rings. The maximum Gasteiger partial charge on any atom is 0.241 e. The van der Waals surface area contributed by atoms with Crippen LogP contribution in [0, 0.1) is 5.92 Å². The van der Waals surface area contributed by atoms with Gasteiger partial charge in [-0.1, -0.05) is 25.6 Å². The fourth-order valence-corrected chi connectivity index (χ4v) is 2.50. The molecule has 2 N–H and O–H groups in total. The van der Waals surface area contributed by atoms with E-state index in [-0.39, 0.29) is 12.5 Å². The highest BCUT2D eigenvalue weighted by atomic mass is 32.2. The van der Waals surface area contributed by atoms with Crippen LogP contribution in [0.4, 0.5) is 0 Å². The zero-order valence-corrected chi connectivity index (χ0v) is 11.1. The molecule has 0 radical (unpaired) electrons. The Morgan fingerprint density at radius 2 is 2.44 bits per heavy atom. The second kappa shape index (κ2) is 6.78. The molecule has 0 spiro atoms. The molecule has 1 saturated heterocycles. The van der Waals surface area contributed by atoms with E-state index in [2.05, 4.69) is 29.5 Å². The first-order valence-electron chi connectivity index (χ1n) is 5.84. The van der Waals surface area contributed by atoms with E-state index < -0.39 is 0 Å². The van der Waals surface area contributed by atoms with Crippen LogP contribution in [0.5, 0.6) is 0 Å². The Kier molecular flexibility index (Phi) is 5.66. The van der Waals surface area contributed by atoms with Gasteiger partial charge >= 0.3 is 0 Å². The third-order valence-electron chi connectivity index (χ3n) is 2.52. The molecule has 1 amide bonds. The van der Waals surface area contributed by atoms with Crippen LogP contribution in [0.25, 0.3) is 0 Å². The maximum absolute atomic E-state index is 11.2. The zero-order chi connectivity index (χ0) is 12.0. The molecule has 16 heavy (non-hydrogen) atoms. The summed E-state index contributed by atoms with van der Waals surface area (Å²) in [6.45, 7) is 7.21. The molecule has 0 aromatic carbocycles. The lowest BCUT2D eigenvalue weighted by Gasteiger charge is -2.28.